The summed E-state index contributed by atoms with van der Waals surface area (Å²) in [7, 11) is 1.68. The summed E-state index contributed by atoms with van der Waals surface area (Å²) in [4.78, 5) is 25.6. The number of amides is 2. The molecule has 0 aromatic heterocycles. The Morgan fingerprint density at radius 3 is 2.38 bits per heavy atom. The fourth-order valence-electron chi connectivity index (χ4n) is 2.27. The largest absolute Gasteiger partial charge is 0.343 e. The quantitative estimate of drug-likeness (QED) is 0.886. The molecule has 2 aromatic carbocycles. The molecule has 2 amide bonds. The molecule has 0 fully saturated rings. The number of hydrogen-bond donors (Lipinski definition) is 1. The van der Waals surface area contributed by atoms with Gasteiger partial charge in [-0.05, 0) is 35.7 Å². The zero-order valence-electron chi connectivity index (χ0n) is 13.9. The maximum atomic E-state index is 13.1. The first-order valence-electron chi connectivity index (χ1n) is 7.85. The summed E-state index contributed by atoms with van der Waals surface area (Å²) >= 11 is 0. The Morgan fingerprint density at radius 1 is 1.08 bits per heavy atom. The molecule has 5 heteroatoms. The third kappa shape index (κ3) is 4.91. The maximum absolute atomic E-state index is 13.1. The molecule has 0 saturated carbocycles. The van der Waals surface area contributed by atoms with E-state index in [0.29, 0.717) is 6.54 Å². The lowest BCUT2D eigenvalue weighted by atomic mass is 10.1. The van der Waals surface area contributed by atoms with Crippen molar-refractivity contribution in [3.05, 3.63) is 71.0 Å². The second kappa shape index (κ2) is 8.24. The fourth-order valence-corrected chi connectivity index (χ4v) is 2.27. The third-order valence-corrected chi connectivity index (χ3v) is 3.76. The number of carbonyl (C=O) groups is 2. The Morgan fingerprint density at radius 2 is 1.75 bits per heavy atom. The number of nitrogens with one attached hydrogen (secondary N) is 1. The van der Waals surface area contributed by atoms with E-state index < -0.39 is 11.7 Å². The molecule has 0 spiro atoms. The molecule has 4 nitrogen and oxygen atoms in total. The van der Waals surface area contributed by atoms with Crippen molar-refractivity contribution in [3.8, 4) is 0 Å². The highest BCUT2D eigenvalue weighted by Crippen LogP contribution is 2.07. The molecule has 24 heavy (non-hydrogen) atoms. The minimum absolute atomic E-state index is 0.126. The van der Waals surface area contributed by atoms with Crippen LogP contribution in [0.25, 0.3) is 0 Å². The number of hydrogen-bond acceptors (Lipinski definition) is 2. The Kier molecular flexibility index (Phi) is 6.07. The number of nitrogens with zero attached hydrogens (tertiary/aromatic N) is 1. The minimum Gasteiger partial charge on any atom is -0.343 e. The van der Waals surface area contributed by atoms with Crippen molar-refractivity contribution in [2.75, 3.05) is 13.6 Å². The summed E-state index contributed by atoms with van der Waals surface area (Å²) in [6.45, 7) is 2.43. The Bertz CT molecular complexity index is 714. The fraction of sp³-hybridized carbons (Fsp3) is 0.263. The minimum atomic E-state index is -0.485. The van der Waals surface area contributed by atoms with Gasteiger partial charge < -0.3 is 10.2 Å². The molecule has 2 aromatic rings. The number of halogens is 1. The van der Waals surface area contributed by atoms with Crippen LogP contribution >= 0.6 is 0 Å². The average molecular weight is 328 g/mol. The molecular formula is C19H21FN2O2. The van der Waals surface area contributed by atoms with E-state index in [1.807, 2.05) is 24.3 Å². The molecule has 0 heterocycles. The van der Waals surface area contributed by atoms with Gasteiger partial charge in [-0.15, -0.1) is 0 Å². The van der Waals surface area contributed by atoms with E-state index in [9.17, 15) is 14.0 Å². The predicted molar refractivity (Wildman–Crippen MR) is 91.0 cm³/mol. The van der Waals surface area contributed by atoms with Crippen molar-refractivity contribution in [2.24, 2.45) is 0 Å². The summed E-state index contributed by atoms with van der Waals surface area (Å²) in [5.74, 6) is -1.16. The number of rotatable bonds is 6. The molecule has 0 aliphatic rings. The molecule has 0 unspecified atom stereocenters. The summed E-state index contributed by atoms with van der Waals surface area (Å²) < 4.78 is 13.1. The van der Waals surface area contributed by atoms with Crippen molar-refractivity contribution in [3.63, 3.8) is 0 Å². The number of carbonyl (C=O) groups excluding carboxylic acids is 2. The third-order valence-electron chi connectivity index (χ3n) is 3.76. The van der Waals surface area contributed by atoms with Gasteiger partial charge in [0.05, 0.1) is 6.54 Å². The molecular weight excluding hydrogens is 307 g/mol. The highest BCUT2D eigenvalue weighted by atomic mass is 19.1. The first kappa shape index (κ1) is 17.7. The molecule has 0 atom stereocenters. The molecule has 126 valence electrons. The second-order valence-electron chi connectivity index (χ2n) is 5.61. The summed E-state index contributed by atoms with van der Waals surface area (Å²) in [5, 5.41) is 2.51. The van der Waals surface area contributed by atoms with E-state index in [2.05, 4.69) is 12.2 Å². The average Bonchev–Trinajstić information content (AvgIpc) is 2.60. The van der Waals surface area contributed by atoms with Crippen molar-refractivity contribution < 1.29 is 14.0 Å². The van der Waals surface area contributed by atoms with Crippen LogP contribution in [0.2, 0.25) is 0 Å². The molecule has 0 aliphatic carbocycles. The van der Waals surface area contributed by atoms with Gasteiger partial charge in [0, 0.05) is 19.2 Å². The van der Waals surface area contributed by atoms with Crippen LogP contribution in [0.3, 0.4) is 0 Å². The van der Waals surface area contributed by atoms with Gasteiger partial charge in [-0.1, -0.05) is 37.3 Å². The Hall–Kier alpha value is -2.69. The van der Waals surface area contributed by atoms with E-state index in [4.69, 9.17) is 0 Å². The molecule has 0 aliphatic heterocycles. The van der Waals surface area contributed by atoms with Crippen LogP contribution in [0, 0.1) is 5.82 Å². The van der Waals surface area contributed by atoms with Gasteiger partial charge in [0.1, 0.15) is 5.82 Å². The smallest absolute Gasteiger partial charge is 0.251 e. The summed E-state index contributed by atoms with van der Waals surface area (Å²) in [6, 6.07) is 13.4. The van der Waals surface area contributed by atoms with E-state index in [0.717, 1.165) is 18.1 Å². The summed E-state index contributed by atoms with van der Waals surface area (Å²) in [5.41, 5.74) is 2.47. The normalized spacial score (nSPS) is 10.3. The topological polar surface area (TPSA) is 49.4 Å². The highest BCUT2D eigenvalue weighted by molar-refractivity contribution is 5.96. The van der Waals surface area contributed by atoms with Crippen molar-refractivity contribution in [1.29, 1.82) is 0 Å². The lowest BCUT2D eigenvalue weighted by molar-refractivity contribution is -0.129. The van der Waals surface area contributed by atoms with Crippen LogP contribution in [0.4, 0.5) is 4.39 Å². The van der Waals surface area contributed by atoms with Gasteiger partial charge in [0.25, 0.3) is 5.91 Å². The zero-order chi connectivity index (χ0) is 17.5. The molecule has 0 saturated heterocycles. The van der Waals surface area contributed by atoms with Crippen LogP contribution in [-0.2, 0) is 17.8 Å². The van der Waals surface area contributed by atoms with E-state index in [-0.39, 0.29) is 18.0 Å². The highest BCUT2D eigenvalue weighted by Gasteiger charge is 2.12. The SMILES string of the molecule is CCc1ccc(CN(C)C(=O)CNC(=O)c2cccc(F)c2)cc1. The molecule has 1 N–H and O–H groups in total. The van der Waals surface area contributed by atoms with Crippen LogP contribution in [0.5, 0.6) is 0 Å². The van der Waals surface area contributed by atoms with Gasteiger partial charge in [0.15, 0.2) is 0 Å². The van der Waals surface area contributed by atoms with Gasteiger partial charge in [0.2, 0.25) is 5.91 Å². The monoisotopic (exact) mass is 328 g/mol. The van der Waals surface area contributed by atoms with E-state index in [1.54, 1.807) is 11.9 Å². The molecule has 2 rings (SSSR count). The lowest BCUT2D eigenvalue weighted by Gasteiger charge is -2.18. The number of likely N-dealkylation sites (N-methyl/N-ethyl adjacent to an activating group) is 1. The van der Waals surface area contributed by atoms with Gasteiger partial charge >= 0.3 is 0 Å². The van der Waals surface area contributed by atoms with Crippen LogP contribution in [-0.4, -0.2) is 30.3 Å². The zero-order valence-corrected chi connectivity index (χ0v) is 13.9. The van der Waals surface area contributed by atoms with E-state index >= 15 is 0 Å². The van der Waals surface area contributed by atoms with Crippen LogP contribution in [0.15, 0.2) is 48.5 Å². The van der Waals surface area contributed by atoms with Gasteiger partial charge in [-0.2, -0.15) is 0 Å². The lowest BCUT2D eigenvalue weighted by Crippen LogP contribution is -2.37. The second-order valence-corrected chi connectivity index (χ2v) is 5.61. The maximum Gasteiger partial charge on any atom is 0.251 e. The van der Waals surface area contributed by atoms with Crippen molar-refractivity contribution >= 4 is 11.8 Å². The Labute approximate surface area is 141 Å². The first-order valence-corrected chi connectivity index (χ1v) is 7.85. The van der Waals surface area contributed by atoms with Crippen molar-refractivity contribution in [1.82, 2.24) is 10.2 Å². The summed E-state index contributed by atoms with van der Waals surface area (Å²) in [6.07, 6.45) is 0.973. The molecule has 0 bridgehead atoms. The van der Waals surface area contributed by atoms with Crippen molar-refractivity contribution in [2.45, 2.75) is 19.9 Å². The van der Waals surface area contributed by atoms with Crippen LogP contribution < -0.4 is 5.32 Å². The standard InChI is InChI=1S/C19H21FN2O2/c1-3-14-7-9-15(10-8-14)13-22(2)18(23)12-21-19(24)16-5-4-6-17(20)11-16/h4-11H,3,12-13H2,1-2H3,(H,21,24). The Balaban J connectivity index is 1.85. The van der Waals surface area contributed by atoms with E-state index in [1.165, 1.54) is 23.8 Å². The first-order chi connectivity index (χ1) is 11.5. The predicted octanol–water partition coefficient (Wildman–Crippen LogP) is 2.78. The van der Waals surface area contributed by atoms with Crippen LogP contribution in [0.1, 0.15) is 28.4 Å². The number of benzene rings is 2. The van der Waals surface area contributed by atoms with Gasteiger partial charge in [-0.25, -0.2) is 4.39 Å². The molecule has 0 radical (unpaired) electrons. The number of aryl methyl sites for hydroxylation is 1. The van der Waals surface area contributed by atoms with Gasteiger partial charge in [-0.3, -0.25) is 9.59 Å².